The summed E-state index contributed by atoms with van der Waals surface area (Å²) in [7, 11) is 2.06. The lowest BCUT2D eigenvalue weighted by Gasteiger charge is -2.19. The standard InChI is InChI=1S/C14H21N5/c1-3-8-19-14(16-11-17-19)10-18(2)13-6-4-12(9-15)5-7-13/h4-7,11H,3,8-10,15H2,1-2H3. The minimum absolute atomic E-state index is 0.578. The van der Waals surface area contributed by atoms with Crippen LogP contribution in [0.2, 0.25) is 0 Å². The molecule has 102 valence electrons. The smallest absolute Gasteiger partial charge is 0.146 e. The van der Waals surface area contributed by atoms with Crippen molar-refractivity contribution in [3.05, 3.63) is 42.0 Å². The van der Waals surface area contributed by atoms with Gasteiger partial charge in [0.15, 0.2) is 0 Å². The third-order valence-electron chi connectivity index (χ3n) is 3.12. The van der Waals surface area contributed by atoms with E-state index in [2.05, 4.69) is 53.2 Å². The Morgan fingerprint density at radius 1 is 1.26 bits per heavy atom. The molecule has 0 bridgehead atoms. The molecule has 1 aromatic heterocycles. The molecule has 0 atom stereocenters. The van der Waals surface area contributed by atoms with Crippen molar-refractivity contribution in [3.63, 3.8) is 0 Å². The third kappa shape index (κ3) is 3.32. The van der Waals surface area contributed by atoms with E-state index in [1.54, 1.807) is 6.33 Å². The van der Waals surface area contributed by atoms with Gasteiger partial charge in [0.2, 0.25) is 0 Å². The Hall–Kier alpha value is -1.88. The number of nitrogens with zero attached hydrogens (tertiary/aromatic N) is 4. The second-order valence-corrected chi connectivity index (χ2v) is 4.63. The third-order valence-corrected chi connectivity index (χ3v) is 3.12. The average Bonchev–Trinajstić information content (AvgIpc) is 2.86. The maximum atomic E-state index is 5.60. The predicted molar refractivity (Wildman–Crippen MR) is 76.8 cm³/mol. The molecule has 0 aliphatic carbocycles. The van der Waals surface area contributed by atoms with Crippen LogP contribution >= 0.6 is 0 Å². The van der Waals surface area contributed by atoms with E-state index in [1.165, 1.54) is 0 Å². The molecule has 2 N–H and O–H groups in total. The number of hydrogen-bond donors (Lipinski definition) is 1. The Kier molecular flexibility index (Phi) is 4.52. The van der Waals surface area contributed by atoms with E-state index in [0.29, 0.717) is 6.54 Å². The zero-order valence-electron chi connectivity index (χ0n) is 11.6. The highest BCUT2D eigenvalue weighted by molar-refractivity contribution is 5.46. The quantitative estimate of drug-likeness (QED) is 0.859. The van der Waals surface area contributed by atoms with Crippen molar-refractivity contribution in [1.82, 2.24) is 14.8 Å². The summed E-state index contributed by atoms with van der Waals surface area (Å²) in [5.41, 5.74) is 7.90. The second-order valence-electron chi connectivity index (χ2n) is 4.63. The first-order valence-corrected chi connectivity index (χ1v) is 6.61. The number of hydrogen-bond acceptors (Lipinski definition) is 4. The van der Waals surface area contributed by atoms with Gasteiger partial charge in [-0.25, -0.2) is 9.67 Å². The molecule has 0 saturated heterocycles. The Morgan fingerprint density at radius 3 is 2.63 bits per heavy atom. The molecule has 5 nitrogen and oxygen atoms in total. The summed E-state index contributed by atoms with van der Waals surface area (Å²) in [4.78, 5) is 6.49. The van der Waals surface area contributed by atoms with Crippen molar-refractivity contribution in [1.29, 1.82) is 0 Å². The highest BCUT2D eigenvalue weighted by atomic mass is 15.3. The van der Waals surface area contributed by atoms with Crippen LogP contribution < -0.4 is 10.6 Å². The van der Waals surface area contributed by atoms with Gasteiger partial charge in [-0.3, -0.25) is 0 Å². The molecular formula is C14H21N5. The van der Waals surface area contributed by atoms with Gasteiger partial charge < -0.3 is 10.6 Å². The second kappa shape index (κ2) is 6.33. The Morgan fingerprint density at radius 2 is 2.00 bits per heavy atom. The summed E-state index contributed by atoms with van der Waals surface area (Å²) >= 11 is 0. The van der Waals surface area contributed by atoms with Gasteiger partial charge >= 0.3 is 0 Å². The number of anilines is 1. The molecule has 0 saturated carbocycles. The first-order valence-electron chi connectivity index (χ1n) is 6.61. The van der Waals surface area contributed by atoms with Gasteiger partial charge in [0, 0.05) is 25.8 Å². The SMILES string of the molecule is CCCn1ncnc1CN(C)c1ccc(CN)cc1. The molecule has 2 aromatic rings. The van der Waals surface area contributed by atoms with Crippen molar-refractivity contribution in [2.24, 2.45) is 5.73 Å². The highest BCUT2D eigenvalue weighted by Gasteiger charge is 2.08. The van der Waals surface area contributed by atoms with E-state index in [-0.39, 0.29) is 0 Å². The maximum absolute atomic E-state index is 5.60. The van der Waals surface area contributed by atoms with Gasteiger partial charge in [-0.05, 0) is 24.1 Å². The van der Waals surface area contributed by atoms with Crippen LogP contribution in [0.1, 0.15) is 24.7 Å². The molecule has 1 heterocycles. The number of nitrogens with two attached hydrogens (primary N) is 1. The summed E-state index contributed by atoms with van der Waals surface area (Å²) in [5.74, 6) is 0.993. The average molecular weight is 259 g/mol. The minimum atomic E-state index is 0.578. The van der Waals surface area contributed by atoms with E-state index in [9.17, 15) is 0 Å². The van der Waals surface area contributed by atoms with E-state index < -0.39 is 0 Å². The highest BCUT2D eigenvalue weighted by Crippen LogP contribution is 2.15. The fraction of sp³-hybridized carbons (Fsp3) is 0.429. The predicted octanol–water partition coefficient (Wildman–Crippen LogP) is 1.78. The molecular weight excluding hydrogens is 238 g/mol. The fourth-order valence-electron chi connectivity index (χ4n) is 2.00. The first-order chi connectivity index (χ1) is 9.24. The normalized spacial score (nSPS) is 10.7. The summed E-state index contributed by atoms with van der Waals surface area (Å²) < 4.78 is 1.96. The van der Waals surface area contributed by atoms with Crippen molar-refractivity contribution in [3.8, 4) is 0 Å². The van der Waals surface area contributed by atoms with E-state index in [4.69, 9.17) is 5.73 Å². The number of aromatic nitrogens is 3. The topological polar surface area (TPSA) is 60.0 Å². The van der Waals surface area contributed by atoms with Crippen LogP contribution in [0.25, 0.3) is 0 Å². The van der Waals surface area contributed by atoms with E-state index in [0.717, 1.165) is 36.6 Å². The number of benzene rings is 1. The zero-order chi connectivity index (χ0) is 13.7. The summed E-state index contributed by atoms with van der Waals surface area (Å²) in [6.45, 7) is 4.38. The molecule has 1 aromatic carbocycles. The van der Waals surface area contributed by atoms with Gasteiger partial charge in [-0.2, -0.15) is 5.10 Å². The monoisotopic (exact) mass is 259 g/mol. The lowest BCUT2D eigenvalue weighted by Crippen LogP contribution is -2.20. The fourth-order valence-corrected chi connectivity index (χ4v) is 2.00. The van der Waals surface area contributed by atoms with E-state index in [1.807, 2.05) is 4.68 Å². The van der Waals surface area contributed by atoms with Gasteiger partial charge in [-0.1, -0.05) is 19.1 Å². The maximum Gasteiger partial charge on any atom is 0.146 e. The Balaban J connectivity index is 2.06. The Bertz CT molecular complexity index is 503. The lowest BCUT2D eigenvalue weighted by molar-refractivity contribution is 0.566. The van der Waals surface area contributed by atoms with Crippen LogP contribution in [0.5, 0.6) is 0 Å². The molecule has 0 radical (unpaired) electrons. The van der Waals surface area contributed by atoms with Gasteiger partial charge in [0.25, 0.3) is 0 Å². The molecule has 2 rings (SSSR count). The summed E-state index contributed by atoms with van der Waals surface area (Å²) in [6.07, 6.45) is 2.68. The van der Waals surface area contributed by atoms with Crippen molar-refractivity contribution < 1.29 is 0 Å². The first kappa shape index (κ1) is 13.5. The largest absolute Gasteiger partial charge is 0.367 e. The molecule has 19 heavy (non-hydrogen) atoms. The van der Waals surface area contributed by atoms with Crippen LogP contribution in [0.3, 0.4) is 0 Å². The molecule has 0 aliphatic rings. The van der Waals surface area contributed by atoms with Crippen LogP contribution in [0, 0.1) is 0 Å². The lowest BCUT2D eigenvalue weighted by atomic mass is 10.2. The number of aryl methyl sites for hydroxylation is 1. The zero-order valence-corrected chi connectivity index (χ0v) is 11.6. The minimum Gasteiger partial charge on any atom is -0.367 e. The molecule has 0 spiro atoms. The van der Waals surface area contributed by atoms with Crippen molar-refractivity contribution in [2.75, 3.05) is 11.9 Å². The van der Waals surface area contributed by atoms with Crippen LogP contribution in [0.15, 0.2) is 30.6 Å². The number of rotatable bonds is 6. The summed E-state index contributed by atoms with van der Waals surface area (Å²) in [5, 5.41) is 4.24. The molecule has 0 amide bonds. The molecule has 0 fully saturated rings. The van der Waals surface area contributed by atoms with Crippen molar-refractivity contribution in [2.45, 2.75) is 33.0 Å². The van der Waals surface area contributed by atoms with Crippen LogP contribution in [0.4, 0.5) is 5.69 Å². The Labute approximate surface area is 114 Å². The molecule has 0 unspecified atom stereocenters. The van der Waals surface area contributed by atoms with Crippen molar-refractivity contribution >= 4 is 5.69 Å². The molecule has 0 aliphatic heterocycles. The van der Waals surface area contributed by atoms with Crippen LogP contribution in [-0.2, 0) is 19.6 Å². The van der Waals surface area contributed by atoms with Gasteiger partial charge in [0.05, 0.1) is 6.54 Å². The van der Waals surface area contributed by atoms with Gasteiger partial charge in [0.1, 0.15) is 12.2 Å². The van der Waals surface area contributed by atoms with E-state index >= 15 is 0 Å². The van der Waals surface area contributed by atoms with Gasteiger partial charge in [-0.15, -0.1) is 0 Å². The molecule has 5 heteroatoms. The van der Waals surface area contributed by atoms with Crippen LogP contribution in [-0.4, -0.2) is 21.8 Å². The summed E-state index contributed by atoms with van der Waals surface area (Å²) in [6, 6.07) is 8.29.